The lowest BCUT2D eigenvalue weighted by Crippen LogP contribution is -2.10. The van der Waals surface area contributed by atoms with Crippen molar-refractivity contribution < 1.29 is 0 Å². The van der Waals surface area contributed by atoms with Crippen LogP contribution in [0.2, 0.25) is 0 Å². The van der Waals surface area contributed by atoms with Gasteiger partial charge in [0.25, 0.3) is 0 Å². The molecular formula is C14H20N2S. The zero-order valence-corrected chi connectivity index (χ0v) is 11.7. The molecule has 0 aliphatic heterocycles. The highest BCUT2D eigenvalue weighted by atomic mass is 32.1. The van der Waals surface area contributed by atoms with Crippen LogP contribution in [0.5, 0.6) is 0 Å². The summed E-state index contributed by atoms with van der Waals surface area (Å²) in [7, 11) is 0. The Morgan fingerprint density at radius 2 is 2.00 bits per heavy atom. The largest absolute Gasteiger partial charge is 0.330 e. The van der Waals surface area contributed by atoms with Gasteiger partial charge in [0, 0.05) is 6.54 Å². The first-order valence-corrected chi connectivity index (χ1v) is 6.82. The summed E-state index contributed by atoms with van der Waals surface area (Å²) >= 11 is 4.40. The van der Waals surface area contributed by atoms with E-state index in [1.54, 1.807) is 0 Å². The van der Waals surface area contributed by atoms with Gasteiger partial charge in [-0.3, -0.25) is 0 Å². The molecule has 92 valence electrons. The molecule has 0 saturated heterocycles. The van der Waals surface area contributed by atoms with Crippen LogP contribution in [0.25, 0.3) is 11.0 Å². The quantitative estimate of drug-likeness (QED) is 0.818. The van der Waals surface area contributed by atoms with Crippen LogP contribution in [0.1, 0.15) is 24.5 Å². The second kappa shape index (κ2) is 5.13. The topological polar surface area (TPSA) is 17.8 Å². The summed E-state index contributed by atoms with van der Waals surface area (Å²) in [6, 6.07) is 4.41. The monoisotopic (exact) mass is 248 g/mol. The maximum Gasteiger partial charge on any atom is 0.0958 e. The van der Waals surface area contributed by atoms with Crippen LogP contribution in [0.4, 0.5) is 0 Å². The number of nitrogens with zero attached hydrogens (tertiary/aromatic N) is 2. The van der Waals surface area contributed by atoms with E-state index in [1.807, 2.05) is 6.33 Å². The van der Waals surface area contributed by atoms with Crippen LogP contribution >= 0.6 is 12.6 Å². The van der Waals surface area contributed by atoms with E-state index >= 15 is 0 Å². The van der Waals surface area contributed by atoms with E-state index in [0.29, 0.717) is 5.92 Å². The van der Waals surface area contributed by atoms with E-state index in [9.17, 15) is 0 Å². The Kier molecular flexibility index (Phi) is 3.77. The third-order valence-corrected chi connectivity index (χ3v) is 4.04. The summed E-state index contributed by atoms with van der Waals surface area (Å²) < 4.78 is 2.26. The van der Waals surface area contributed by atoms with Crippen LogP contribution in [-0.2, 0) is 6.54 Å². The van der Waals surface area contributed by atoms with Crippen LogP contribution in [-0.4, -0.2) is 15.3 Å². The minimum absolute atomic E-state index is 0.623. The summed E-state index contributed by atoms with van der Waals surface area (Å²) in [5.41, 5.74) is 4.98. The van der Waals surface area contributed by atoms with E-state index in [-0.39, 0.29) is 0 Å². The van der Waals surface area contributed by atoms with Crippen molar-refractivity contribution in [2.24, 2.45) is 5.92 Å². The average Bonchev–Trinajstić information content (AvgIpc) is 2.69. The summed E-state index contributed by atoms with van der Waals surface area (Å²) in [6.45, 7) is 7.52. The van der Waals surface area contributed by atoms with E-state index in [0.717, 1.165) is 24.2 Å². The van der Waals surface area contributed by atoms with E-state index in [4.69, 9.17) is 0 Å². The van der Waals surface area contributed by atoms with Gasteiger partial charge in [-0.05, 0) is 48.8 Å². The molecule has 2 aromatic rings. The maximum atomic E-state index is 4.48. The van der Waals surface area contributed by atoms with Crippen molar-refractivity contribution >= 4 is 23.7 Å². The van der Waals surface area contributed by atoms with Gasteiger partial charge in [0.1, 0.15) is 0 Å². The SMILES string of the molecule is CCC(CS)Cn1cnc2cc(C)c(C)cc21. The van der Waals surface area contributed by atoms with E-state index < -0.39 is 0 Å². The Bertz CT molecular complexity index is 512. The van der Waals surface area contributed by atoms with Gasteiger partial charge in [-0.1, -0.05) is 13.3 Å². The summed E-state index contributed by atoms with van der Waals surface area (Å²) in [4.78, 5) is 4.48. The molecule has 0 radical (unpaired) electrons. The Morgan fingerprint density at radius 3 is 2.65 bits per heavy atom. The molecule has 1 atom stereocenters. The van der Waals surface area contributed by atoms with Crippen molar-refractivity contribution in [2.45, 2.75) is 33.7 Å². The molecule has 2 nitrogen and oxygen atoms in total. The van der Waals surface area contributed by atoms with Gasteiger partial charge < -0.3 is 4.57 Å². The van der Waals surface area contributed by atoms with Gasteiger partial charge in [-0.2, -0.15) is 12.6 Å². The number of hydrogen-bond acceptors (Lipinski definition) is 2. The highest BCUT2D eigenvalue weighted by Crippen LogP contribution is 2.20. The molecule has 17 heavy (non-hydrogen) atoms. The van der Waals surface area contributed by atoms with Gasteiger partial charge in [-0.25, -0.2) is 4.98 Å². The fourth-order valence-corrected chi connectivity index (χ4v) is 2.43. The molecule has 1 heterocycles. The molecule has 0 amide bonds. The van der Waals surface area contributed by atoms with Crippen molar-refractivity contribution in [3.8, 4) is 0 Å². The van der Waals surface area contributed by atoms with Crippen LogP contribution in [0.15, 0.2) is 18.5 Å². The smallest absolute Gasteiger partial charge is 0.0958 e. The fourth-order valence-electron chi connectivity index (χ4n) is 2.05. The van der Waals surface area contributed by atoms with Gasteiger partial charge in [0.05, 0.1) is 17.4 Å². The molecule has 1 aromatic heterocycles. The summed E-state index contributed by atoms with van der Waals surface area (Å²) in [5.74, 6) is 1.55. The molecule has 1 unspecified atom stereocenters. The van der Waals surface area contributed by atoms with Crippen LogP contribution in [0, 0.1) is 19.8 Å². The Balaban J connectivity index is 2.38. The number of thiol groups is 1. The molecular weight excluding hydrogens is 228 g/mol. The lowest BCUT2D eigenvalue weighted by atomic mass is 10.1. The second-order valence-corrected chi connectivity index (χ2v) is 5.14. The minimum Gasteiger partial charge on any atom is -0.330 e. The average molecular weight is 248 g/mol. The molecule has 0 fully saturated rings. The molecule has 0 spiro atoms. The van der Waals surface area contributed by atoms with Crippen molar-refractivity contribution in [2.75, 3.05) is 5.75 Å². The number of imidazole rings is 1. The number of aromatic nitrogens is 2. The first-order valence-electron chi connectivity index (χ1n) is 6.18. The van der Waals surface area contributed by atoms with Crippen LogP contribution in [0.3, 0.4) is 0 Å². The third kappa shape index (κ3) is 2.49. The van der Waals surface area contributed by atoms with E-state index in [1.165, 1.54) is 16.6 Å². The number of hydrogen-bond donors (Lipinski definition) is 1. The van der Waals surface area contributed by atoms with Crippen LogP contribution < -0.4 is 0 Å². The van der Waals surface area contributed by atoms with Crippen molar-refractivity contribution in [1.29, 1.82) is 0 Å². The maximum absolute atomic E-state index is 4.48. The van der Waals surface area contributed by atoms with Crippen molar-refractivity contribution in [3.05, 3.63) is 29.6 Å². The molecule has 3 heteroatoms. The molecule has 0 aliphatic rings. The van der Waals surface area contributed by atoms with Gasteiger partial charge in [0.15, 0.2) is 0 Å². The van der Waals surface area contributed by atoms with Crippen molar-refractivity contribution in [3.63, 3.8) is 0 Å². The number of fused-ring (bicyclic) bond motifs is 1. The molecule has 0 bridgehead atoms. The summed E-state index contributed by atoms with van der Waals surface area (Å²) in [6.07, 6.45) is 3.11. The Labute approximate surface area is 108 Å². The standard InChI is InChI=1S/C14H20N2S/c1-4-12(8-17)7-16-9-15-13-5-10(2)11(3)6-14(13)16/h5-6,9,12,17H,4,7-8H2,1-3H3. The number of benzene rings is 1. The first kappa shape index (κ1) is 12.5. The predicted octanol–water partition coefficient (Wildman–Crippen LogP) is 3.61. The lowest BCUT2D eigenvalue weighted by Gasteiger charge is -2.13. The van der Waals surface area contributed by atoms with Crippen molar-refractivity contribution in [1.82, 2.24) is 9.55 Å². The second-order valence-electron chi connectivity index (χ2n) is 4.78. The predicted molar refractivity (Wildman–Crippen MR) is 76.8 cm³/mol. The van der Waals surface area contributed by atoms with E-state index in [2.05, 4.69) is 55.1 Å². The molecule has 0 aliphatic carbocycles. The normalized spacial score (nSPS) is 13.2. The third-order valence-electron chi connectivity index (χ3n) is 3.53. The Hall–Kier alpha value is -0.960. The number of aryl methyl sites for hydroxylation is 2. The molecule has 2 rings (SSSR count). The first-order chi connectivity index (χ1) is 8.15. The Morgan fingerprint density at radius 1 is 1.29 bits per heavy atom. The zero-order valence-electron chi connectivity index (χ0n) is 10.8. The summed E-state index contributed by atoms with van der Waals surface area (Å²) in [5, 5.41) is 0. The molecule has 0 N–H and O–H groups in total. The van der Waals surface area contributed by atoms with Gasteiger partial charge in [0.2, 0.25) is 0 Å². The highest BCUT2D eigenvalue weighted by Gasteiger charge is 2.09. The minimum atomic E-state index is 0.623. The number of rotatable bonds is 4. The fraction of sp³-hybridized carbons (Fsp3) is 0.500. The highest BCUT2D eigenvalue weighted by molar-refractivity contribution is 7.80. The molecule has 1 aromatic carbocycles. The lowest BCUT2D eigenvalue weighted by molar-refractivity contribution is 0.484. The van der Waals surface area contributed by atoms with Gasteiger partial charge >= 0.3 is 0 Å². The van der Waals surface area contributed by atoms with Gasteiger partial charge in [-0.15, -0.1) is 0 Å². The molecule has 0 saturated carbocycles. The zero-order chi connectivity index (χ0) is 12.4.